The molecule has 0 fully saturated rings. The van der Waals surface area contributed by atoms with E-state index in [1.165, 1.54) is 27.8 Å². The molecule has 0 amide bonds. The third kappa shape index (κ3) is 5.11. The summed E-state index contributed by atoms with van der Waals surface area (Å²) in [7, 11) is 0. The van der Waals surface area contributed by atoms with E-state index in [-0.39, 0.29) is 5.41 Å². The topological polar surface area (TPSA) is 37.8 Å². The van der Waals surface area contributed by atoms with Crippen molar-refractivity contribution in [3.8, 4) is 0 Å². The van der Waals surface area contributed by atoms with Gasteiger partial charge < -0.3 is 5.32 Å². The van der Waals surface area contributed by atoms with Gasteiger partial charge in [0.15, 0.2) is 4.34 Å². The summed E-state index contributed by atoms with van der Waals surface area (Å²) in [5.74, 6) is 0.918. The minimum absolute atomic E-state index is 0.177. The van der Waals surface area contributed by atoms with Crippen LogP contribution in [0.5, 0.6) is 0 Å². The van der Waals surface area contributed by atoms with Gasteiger partial charge in [0.2, 0.25) is 5.13 Å². The van der Waals surface area contributed by atoms with Crippen LogP contribution in [0.4, 0.5) is 10.8 Å². The average molecular weight is 398 g/mol. The zero-order valence-corrected chi connectivity index (χ0v) is 18.5. The summed E-state index contributed by atoms with van der Waals surface area (Å²) in [6.07, 6.45) is 0. The molecule has 3 aromatic rings. The molecule has 3 nitrogen and oxygen atoms in total. The van der Waals surface area contributed by atoms with Crippen molar-refractivity contribution in [2.24, 2.45) is 0 Å². The Balaban J connectivity index is 1.68. The molecular weight excluding hydrogens is 370 g/mol. The minimum atomic E-state index is 0.177. The van der Waals surface area contributed by atoms with E-state index in [9.17, 15) is 0 Å². The third-order valence-electron chi connectivity index (χ3n) is 4.58. The molecule has 0 saturated heterocycles. The fourth-order valence-electron chi connectivity index (χ4n) is 2.95. The van der Waals surface area contributed by atoms with Crippen LogP contribution in [0.25, 0.3) is 0 Å². The number of anilines is 2. The number of aryl methyl sites for hydroxylation is 3. The summed E-state index contributed by atoms with van der Waals surface area (Å²) in [6.45, 7) is 13.3. The fourth-order valence-corrected chi connectivity index (χ4v) is 4.92. The van der Waals surface area contributed by atoms with Crippen molar-refractivity contribution in [3.05, 3.63) is 64.2 Å². The fraction of sp³-hybridized carbons (Fsp3) is 0.364. The van der Waals surface area contributed by atoms with Gasteiger partial charge in [-0.1, -0.05) is 68.1 Å². The van der Waals surface area contributed by atoms with E-state index in [0.717, 1.165) is 20.9 Å². The Labute approximate surface area is 170 Å². The molecule has 3 rings (SSSR count). The lowest BCUT2D eigenvalue weighted by atomic mass is 9.84. The van der Waals surface area contributed by atoms with Gasteiger partial charge in [-0.25, -0.2) is 0 Å². The summed E-state index contributed by atoms with van der Waals surface area (Å²) in [5.41, 5.74) is 7.96. The lowest BCUT2D eigenvalue weighted by Gasteiger charge is -2.22. The highest BCUT2D eigenvalue weighted by Gasteiger charge is 2.16. The van der Waals surface area contributed by atoms with Crippen molar-refractivity contribution in [1.29, 1.82) is 0 Å². The number of nitrogens with zero attached hydrogens (tertiary/aromatic N) is 2. The summed E-state index contributed by atoms with van der Waals surface area (Å²) in [5, 5.41) is 12.8. The highest BCUT2D eigenvalue weighted by atomic mass is 32.2. The summed E-state index contributed by atoms with van der Waals surface area (Å²) >= 11 is 3.36. The maximum absolute atomic E-state index is 4.33. The van der Waals surface area contributed by atoms with Crippen LogP contribution in [-0.2, 0) is 11.2 Å². The Morgan fingerprint density at radius 3 is 2.33 bits per heavy atom. The molecule has 0 radical (unpaired) electrons. The molecule has 0 aliphatic rings. The molecule has 1 aromatic heterocycles. The summed E-state index contributed by atoms with van der Waals surface area (Å²) in [4.78, 5) is 0. The van der Waals surface area contributed by atoms with Gasteiger partial charge in [-0.05, 0) is 66.1 Å². The number of nitrogens with one attached hydrogen (secondary N) is 1. The molecule has 0 unspecified atom stereocenters. The van der Waals surface area contributed by atoms with Crippen LogP contribution in [-0.4, -0.2) is 10.2 Å². The molecule has 0 aliphatic carbocycles. The van der Waals surface area contributed by atoms with Crippen LogP contribution in [0.1, 0.15) is 48.6 Å². The second-order valence-corrected chi connectivity index (χ2v) is 10.2. The number of hydrogen-bond acceptors (Lipinski definition) is 5. The zero-order chi connectivity index (χ0) is 19.6. The van der Waals surface area contributed by atoms with Gasteiger partial charge in [0.1, 0.15) is 0 Å². The molecule has 142 valence electrons. The SMILES string of the molecule is Cc1cccc(Nc2nnc(SCc3c(C)cc(C(C)(C)C)cc3C)s2)c1. The Morgan fingerprint density at radius 2 is 1.70 bits per heavy atom. The first-order valence-electron chi connectivity index (χ1n) is 9.13. The molecule has 0 aliphatic heterocycles. The molecule has 0 saturated carbocycles. The highest BCUT2D eigenvalue weighted by Crippen LogP contribution is 2.33. The lowest BCUT2D eigenvalue weighted by molar-refractivity contribution is 0.589. The lowest BCUT2D eigenvalue weighted by Crippen LogP contribution is -2.12. The first kappa shape index (κ1) is 19.9. The quantitative estimate of drug-likeness (QED) is 0.481. The van der Waals surface area contributed by atoms with Crippen LogP contribution < -0.4 is 5.32 Å². The van der Waals surface area contributed by atoms with Crippen molar-refractivity contribution in [2.45, 2.75) is 57.0 Å². The monoisotopic (exact) mass is 397 g/mol. The van der Waals surface area contributed by atoms with Gasteiger partial charge in [-0.15, -0.1) is 10.2 Å². The number of aromatic nitrogens is 2. The summed E-state index contributed by atoms with van der Waals surface area (Å²) < 4.78 is 0.990. The Kier molecular flexibility index (Phi) is 5.92. The van der Waals surface area contributed by atoms with E-state index in [4.69, 9.17) is 0 Å². The minimum Gasteiger partial charge on any atom is -0.330 e. The predicted molar refractivity (Wildman–Crippen MR) is 119 cm³/mol. The van der Waals surface area contributed by atoms with Crippen LogP contribution in [0.15, 0.2) is 40.7 Å². The summed E-state index contributed by atoms with van der Waals surface area (Å²) in [6, 6.07) is 12.9. The van der Waals surface area contributed by atoms with E-state index >= 15 is 0 Å². The largest absolute Gasteiger partial charge is 0.330 e. The molecule has 1 N–H and O–H groups in total. The van der Waals surface area contributed by atoms with Crippen molar-refractivity contribution in [2.75, 3.05) is 5.32 Å². The maximum atomic E-state index is 4.33. The highest BCUT2D eigenvalue weighted by molar-refractivity contribution is 8.00. The second kappa shape index (κ2) is 8.03. The Bertz CT molecular complexity index is 916. The number of hydrogen-bond donors (Lipinski definition) is 1. The molecule has 27 heavy (non-hydrogen) atoms. The van der Waals surface area contributed by atoms with Crippen molar-refractivity contribution >= 4 is 33.9 Å². The van der Waals surface area contributed by atoms with Crippen molar-refractivity contribution < 1.29 is 0 Å². The first-order chi connectivity index (χ1) is 12.7. The number of benzene rings is 2. The second-order valence-electron chi connectivity index (χ2n) is 7.99. The molecule has 5 heteroatoms. The smallest absolute Gasteiger partial charge is 0.210 e. The third-order valence-corrected chi connectivity index (χ3v) is 6.58. The molecule has 1 heterocycles. The molecule has 2 aromatic carbocycles. The van der Waals surface area contributed by atoms with E-state index in [1.807, 2.05) is 12.1 Å². The van der Waals surface area contributed by atoms with Gasteiger partial charge >= 0.3 is 0 Å². The van der Waals surface area contributed by atoms with Gasteiger partial charge in [-0.3, -0.25) is 0 Å². The van der Waals surface area contributed by atoms with E-state index in [1.54, 1.807) is 23.1 Å². The Morgan fingerprint density at radius 1 is 1.00 bits per heavy atom. The molecule has 0 atom stereocenters. The molecular formula is C22H27N3S2. The van der Waals surface area contributed by atoms with Gasteiger partial charge in [-0.2, -0.15) is 0 Å². The zero-order valence-electron chi connectivity index (χ0n) is 16.9. The Hall–Kier alpha value is -1.85. The van der Waals surface area contributed by atoms with Crippen molar-refractivity contribution in [1.82, 2.24) is 10.2 Å². The normalized spacial score (nSPS) is 11.6. The first-order valence-corrected chi connectivity index (χ1v) is 10.9. The van der Waals surface area contributed by atoms with Crippen LogP contribution >= 0.6 is 23.1 Å². The van der Waals surface area contributed by atoms with Crippen LogP contribution in [0.2, 0.25) is 0 Å². The van der Waals surface area contributed by atoms with Gasteiger partial charge in [0.25, 0.3) is 0 Å². The van der Waals surface area contributed by atoms with E-state index in [2.05, 4.69) is 81.3 Å². The van der Waals surface area contributed by atoms with E-state index < -0.39 is 0 Å². The number of thioether (sulfide) groups is 1. The molecule has 0 bridgehead atoms. The van der Waals surface area contributed by atoms with Gasteiger partial charge in [0.05, 0.1) is 0 Å². The maximum Gasteiger partial charge on any atom is 0.210 e. The van der Waals surface area contributed by atoms with Gasteiger partial charge in [0, 0.05) is 11.4 Å². The van der Waals surface area contributed by atoms with Crippen LogP contribution in [0, 0.1) is 20.8 Å². The van der Waals surface area contributed by atoms with E-state index in [0.29, 0.717) is 0 Å². The standard InChI is InChI=1S/C22H27N3S2/c1-14-8-7-9-18(10-14)23-20-24-25-21(27-20)26-13-19-15(2)11-17(12-16(19)3)22(4,5)6/h7-12H,13H2,1-6H3,(H,23,24). The molecule has 0 spiro atoms. The van der Waals surface area contributed by atoms with Crippen LogP contribution in [0.3, 0.4) is 0 Å². The average Bonchev–Trinajstić information content (AvgIpc) is 3.00. The number of rotatable bonds is 5. The van der Waals surface area contributed by atoms with Crippen molar-refractivity contribution in [3.63, 3.8) is 0 Å². The predicted octanol–water partition coefficient (Wildman–Crippen LogP) is 6.80.